The molecule has 2 heterocycles. The highest BCUT2D eigenvalue weighted by molar-refractivity contribution is 7.90. The molecule has 9 nitrogen and oxygen atoms in total. The van der Waals surface area contributed by atoms with Gasteiger partial charge >= 0.3 is 5.97 Å². The molecule has 2 aromatic heterocycles. The third-order valence-electron chi connectivity index (χ3n) is 4.43. The van der Waals surface area contributed by atoms with E-state index in [1.54, 1.807) is 36.4 Å². The molecule has 4 aromatic rings. The van der Waals surface area contributed by atoms with Crippen molar-refractivity contribution >= 4 is 39.0 Å². The van der Waals surface area contributed by atoms with Crippen molar-refractivity contribution in [3.63, 3.8) is 0 Å². The summed E-state index contributed by atoms with van der Waals surface area (Å²) in [5.74, 6) is -0.697. The van der Waals surface area contributed by atoms with E-state index in [-0.39, 0.29) is 33.0 Å². The van der Waals surface area contributed by atoms with Gasteiger partial charge in [-0.3, -0.25) is 0 Å². The van der Waals surface area contributed by atoms with E-state index in [4.69, 9.17) is 32.5 Å². The fourth-order valence-electron chi connectivity index (χ4n) is 2.91. The molecule has 0 atom stereocenters. The van der Waals surface area contributed by atoms with Gasteiger partial charge in [-0.2, -0.15) is 10.1 Å². The quantitative estimate of drug-likeness (QED) is 0.382. The molecule has 0 bridgehead atoms. The minimum Gasteiger partial charge on any atom is -0.464 e. The topological polar surface area (TPSA) is 117 Å². The lowest BCUT2D eigenvalue weighted by molar-refractivity contribution is 0.0593. The number of benzene rings is 2. The molecule has 0 fully saturated rings. The highest BCUT2D eigenvalue weighted by Crippen LogP contribution is 2.35. The number of carbonyl (C=O) groups is 1. The van der Waals surface area contributed by atoms with Gasteiger partial charge < -0.3 is 9.26 Å². The number of aromatic nitrogens is 4. The summed E-state index contributed by atoms with van der Waals surface area (Å²) in [6, 6.07) is 12.8. The van der Waals surface area contributed by atoms with Crippen LogP contribution in [0.15, 0.2) is 57.9 Å². The number of carbonyl (C=O) groups excluding carboxylic acids is 1. The molecule has 0 spiro atoms. The number of sulfone groups is 1. The van der Waals surface area contributed by atoms with E-state index >= 15 is 0 Å². The van der Waals surface area contributed by atoms with Crippen LogP contribution in [0.25, 0.3) is 28.7 Å². The van der Waals surface area contributed by atoms with Crippen molar-refractivity contribution in [2.45, 2.75) is 4.90 Å². The summed E-state index contributed by atoms with van der Waals surface area (Å²) in [5, 5.41) is 8.48. The van der Waals surface area contributed by atoms with Crippen LogP contribution in [0.4, 0.5) is 0 Å². The Morgan fingerprint density at radius 1 is 1.12 bits per heavy atom. The Hall–Kier alpha value is -3.21. The Kier molecular flexibility index (Phi) is 5.76. The molecule has 0 radical (unpaired) electrons. The molecule has 2 aromatic carbocycles. The number of ether oxygens (including phenoxy) is 1. The predicted molar refractivity (Wildman–Crippen MR) is 117 cm³/mol. The molecular formula is C20H14Cl2N4O5S. The summed E-state index contributed by atoms with van der Waals surface area (Å²) >= 11 is 12.8. The summed E-state index contributed by atoms with van der Waals surface area (Å²) in [5.41, 5.74) is 0.801. The molecule has 164 valence electrons. The third-order valence-corrected chi connectivity index (χ3v) is 6.22. The number of hydrogen-bond acceptors (Lipinski definition) is 8. The molecule has 0 unspecified atom stereocenters. The second kappa shape index (κ2) is 8.38. The van der Waals surface area contributed by atoms with Crippen molar-refractivity contribution in [1.82, 2.24) is 19.9 Å². The largest absolute Gasteiger partial charge is 0.464 e. The van der Waals surface area contributed by atoms with E-state index in [0.717, 1.165) is 6.26 Å². The lowest BCUT2D eigenvalue weighted by Gasteiger charge is -2.06. The number of nitrogens with zero attached hydrogens (tertiary/aromatic N) is 4. The van der Waals surface area contributed by atoms with E-state index in [1.807, 2.05) is 0 Å². The van der Waals surface area contributed by atoms with Crippen LogP contribution in [-0.4, -0.2) is 47.7 Å². The smallest absolute Gasteiger partial charge is 0.360 e. The molecular weight excluding hydrogens is 479 g/mol. The van der Waals surface area contributed by atoms with Crippen molar-refractivity contribution in [2.24, 2.45) is 0 Å². The van der Waals surface area contributed by atoms with Gasteiger partial charge in [0.1, 0.15) is 10.7 Å². The number of rotatable bonds is 5. The maximum absolute atomic E-state index is 12.2. The lowest BCUT2D eigenvalue weighted by Crippen LogP contribution is -2.05. The minimum atomic E-state index is -3.43. The van der Waals surface area contributed by atoms with Crippen LogP contribution in [0, 0.1) is 0 Å². The van der Waals surface area contributed by atoms with E-state index in [0.29, 0.717) is 16.3 Å². The minimum absolute atomic E-state index is 0.0114. The molecule has 12 heteroatoms. The fourth-order valence-corrected chi connectivity index (χ4v) is 4.08. The van der Waals surface area contributed by atoms with E-state index in [1.165, 1.54) is 23.9 Å². The van der Waals surface area contributed by atoms with Crippen molar-refractivity contribution in [3.8, 4) is 28.7 Å². The zero-order valence-electron chi connectivity index (χ0n) is 16.6. The van der Waals surface area contributed by atoms with Gasteiger partial charge in [0, 0.05) is 11.8 Å². The second-order valence-corrected chi connectivity index (χ2v) is 9.39. The van der Waals surface area contributed by atoms with Gasteiger partial charge in [0.15, 0.2) is 15.5 Å². The third kappa shape index (κ3) is 3.99. The van der Waals surface area contributed by atoms with Gasteiger partial charge in [0.05, 0.1) is 22.7 Å². The Bertz CT molecular complexity index is 1450. The monoisotopic (exact) mass is 492 g/mol. The number of methoxy groups -OCH3 is 1. The van der Waals surface area contributed by atoms with Crippen molar-refractivity contribution in [3.05, 3.63) is 64.3 Å². The summed E-state index contributed by atoms with van der Waals surface area (Å²) in [6.07, 6.45) is 1.10. The van der Waals surface area contributed by atoms with E-state index < -0.39 is 15.8 Å². The Morgan fingerprint density at radius 3 is 2.56 bits per heavy atom. The van der Waals surface area contributed by atoms with Crippen molar-refractivity contribution in [1.29, 1.82) is 0 Å². The standard InChI is InChI=1S/C20H14Cl2N4O5S/c1-30-20(27)16-15(22)17(26(24-16)14-9-4-3-8-13(14)21)18-23-19(31-25-18)11-6-5-7-12(10-11)32(2,28)29/h3-10H,1-2H3. The number of esters is 1. The van der Waals surface area contributed by atoms with Gasteiger partial charge in [-0.25, -0.2) is 17.9 Å². The highest BCUT2D eigenvalue weighted by Gasteiger charge is 2.28. The maximum Gasteiger partial charge on any atom is 0.360 e. The van der Waals surface area contributed by atoms with Crippen LogP contribution < -0.4 is 0 Å². The first kappa shape index (κ1) is 22.0. The van der Waals surface area contributed by atoms with Gasteiger partial charge in [-0.1, -0.05) is 46.6 Å². The zero-order chi connectivity index (χ0) is 23.0. The van der Waals surface area contributed by atoms with Gasteiger partial charge in [0.2, 0.25) is 5.82 Å². The summed E-state index contributed by atoms with van der Waals surface area (Å²) in [7, 11) is -2.23. The normalized spacial score (nSPS) is 11.5. The fraction of sp³-hybridized carbons (Fsp3) is 0.100. The molecule has 4 rings (SSSR count). The maximum atomic E-state index is 12.2. The highest BCUT2D eigenvalue weighted by atomic mass is 35.5. The predicted octanol–water partition coefficient (Wildman–Crippen LogP) is 4.09. The first-order valence-electron chi connectivity index (χ1n) is 8.97. The van der Waals surface area contributed by atoms with Crippen LogP contribution in [0.5, 0.6) is 0 Å². The Morgan fingerprint density at radius 2 is 1.88 bits per heavy atom. The van der Waals surface area contributed by atoms with Crippen LogP contribution in [0.3, 0.4) is 0 Å². The zero-order valence-corrected chi connectivity index (χ0v) is 18.9. The summed E-state index contributed by atoms with van der Waals surface area (Å²) < 4.78 is 35.1. The summed E-state index contributed by atoms with van der Waals surface area (Å²) in [4.78, 5) is 16.6. The molecule has 0 aliphatic rings. The van der Waals surface area contributed by atoms with Gasteiger partial charge in [0.25, 0.3) is 5.89 Å². The van der Waals surface area contributed by atoms with E-state index in [2.05, 4.69) is 15.2 Å². The van der Waals surface area contributed by atoms with Gasteiger partial charge in [-0.15, -0.1) is 0 Å². The van der Waals surface area contributed by atoms with Gasteiger partial charge in [-0.05, 0) is 30.3 Å². The number of para-hydroxylation sites is 1. The molecule has 0 amide bonds. The molecule has 0 saturated heterocycles. The molecule has 0 N–H and O–H groups in total. The number of hydrogen-bond donors (Lipinski definition) is 0. The van der Waals surface area contributed by atoms with Crippen LogP contribution in [0.2, 0.25) is 10.0 Å². The van der Waals surface area contributed by atoms with Crippen LogP contribution in [-0.2, 0) is 14.6 Å². The van der Waals surface area contributed by atoms with Crippen molar-refractivity contribution < 1.29 is 22.5 Å². The van der Waals surface area contributed by atoms with Crippen LogP contribution in [0.1, 0.15) is 10.5 Å². The second-order valence-electron chi connectivity index (χ2n) is 6.59. The molecule has 32 heavy (non-hydrogen) atoms. The summed E-state index contributed by atoms with van der Waals surface area (Å²) in [6.45, 7) is 0. The lowest BCUT2D eigenvalue weighted by atomic mass is 10.2. The van der Waals surface area contributed by atoms with Crippen molar-refractivity contribution in [2.75, 3.05) is 13.4 Å². The number of halogens is 2. The van der Waals surface area contributed by atoms with E-state index in [9.17, 15) is 13.2 Å². The average molecular weight is 493 g/mol. The van der Waals surface area contributed by atoms with Crippen LogP contribution >= 0.6 is 23.2 Å². The first-order chi connectivity index (χ1) is 15.2. The first-order valence-corrected chi connectivity index (χ1v) is 11.6. The Labute approximate surface area is 192 Å². The Balaban J connectivity index is 1.88. The SMILES string of the molecule is COC(=O)c1nn(-c2ccccc2Cl)c(-c2noc(-c3cccc(S(C)(=O)=O)c3)n2)c1Cl. The molecule has 0 aliphatic heterocycles. The average Bonchev–Trinajstić information content (AvgIpc) is 3.37. The molecule has 0 aliphatic carbocycles. The molecule has 0 saturated carbocycles.